The predicted molar refractivity (Wildman–Crippen MR) is 88.5 cm³/mol. The zero-order valence-corrected chi connectivity index (χ0v) is 13.6. The van der Waals surface area contributed by atoms with Gasteiger partial charge in [0.15, 0.2) is 0 Å². The van der Waals surface area contributed by atoms with Crippen molar-refractivity contribution in [3.05, 3.63) is 47.3 Å². The average molecular weight is 333 g/mol. The Morgan fingerprint density at radius 3 is 2.78 bits per heavy atom. The Morgan fingerprint density at radius 1 is 1.26 bits per heavy atom. The number of hydrogen-bond donors (Lipinski definition) is 1. The first-order valence-electron chi connectivity index (χ1n) is 8.21. The summed E-state index contributed by atoms with van der Waals surface area (Å²) in [4.78, 5) is 13.8. The zero-order valence-electron chi connectivity index (χ0n) is 12.8. The molecule has 1 aromatic carbocycles. The van der Waals surface area contributed by atoms with Crippen molar-refractivity contribution in [1.82, 2.24) is 4.90 Å². The van der Waals surface area contributed by atoms with Gasteiger partial charge in [-0.25, -0.2) is 4.39 Å². The topological polar surface area (TPSA) is 40.5 Å². The second-order valence-electron chi connectivity index (χ2n) is 6.70. The van der Waals surface area contributed by atoms with Crippen molar-refractivity contribution in [3.8, 4) is 0 Å². The van der Waals surface area contributed by atoms with Crippen LogP contribution >= 0.6 is 11.8 Å². The van der Waals surface area contributed by atoms with Crippen LogP contribution in [-0.4, -0.2) is 39.6 Å². The van der Waals surface area contributed by atoms with Crippen molar-refractivity contribution < 1.29 is 14.3 Å². The number of aliphatic hydroxyl groups excluding tert-OH is 1. The Labute approximate surface area is 139 Å². The molecule has 23 heavy (non-hydrogen) atoms. The fourth-order valence-electron chi connectivity index (χ4n) is 3.73. The summed E-state index contributed by atoms with van der Waals surface area (Å²) in [7, 11) is 0. The summed E-state index contributed by atoms with van der Waals surface area (Å²) < 4.78 is 14.4. The van der Waals surface area contributed by atoms with Crippen molar-refractivity contribution in [3.63, 3.8) is 0 Å². The van der Waals surface area contributed by atoms with Crippen LogP contribution in [0.25, 0.3) is 0 Å². The van der Waals surface area contributed by atoms with Crippen molar-refractivity contribution in [2.45, 2.75) is 36.7 Å². The number of fused-ring (bicyclic) bond motifs is 1. The largest absolute Gasteiger partial charge is 0.391 e. The molecule has 0 radical (unpaired) electrons. The van der Waals surface area contributed by atoms with Gasteiger partial charge in [-0.1, -0.05) is 30.0 Å². The van der Waals surface area contributed by atoms with E-state index in [9.17, 15) is 14.3 Å². The molecule has 0 amide bonds. The third kappa shape index (κ3) is 2.97. The third-order valence-electron chi connectivity index (χ3n) is 5.09. The SMILES string of the molecule is O=C1C=C2CN(C(c3ccccc3F)C(O)C3CC3)CCC2S1. The molecule has 2 fully saturated rings. The maximum Gasteiger partial charge on any atom is 0.212 e. The van der Waals surface area contributed by atoms with Gasteiger partial charge >= 0.3 is 0 Å². The molecule has 0 aromatic heterocycles. The highest BCUT2D eigenvalue weighted by atomic mass is 32.2. The van der Waals surface area contributed by atoms with Gasteiger partial charge in [-0.15, -0.1) is 0 Å². The van der Waals surface area contributed by atoms with Gasteiger partial charge in [0, 0.05) is 23.9 Å². The van der Waals surface area contributed by atoms with E-state index in [1.165, 1.54) is 17.8 Å². The number of piperidine rings is 1. The number of nitrogens with zero attached hydrogens (tertiary/aromatic N) is 1. The Morgan fingerprint density at radius 2 is 2.04 bits per heavy atom. The second-order valence-corrected chi connectivity index (χ2v) is 7.91. The Balaban J connectivity index is 1.64. The molecule has 3 nitrogen and oxygen atoms in total. The van der Waals surface area contributed by atoms with E-state index in [-0.39, 0.29) is 28.1 Å². The van der Waals surface area contributed by atoms with Crippen molar-refractivity contribution >= 4 is 16.9 Å². The number of likely N-dealkylation sites (tertiary alicyclic amines) is 1. The molecule has 1 aliphatic carbocycles. The first kappa shape index (κ1) is 15.4. The molecule has 5 heteroatoms. The van der Waals surface area contributed by atoms with Crippen LogP contribution in [0.3, 0.4) is 0 Å². The molecule has 2 heterocycles. The number of hydrogen-bond acceptors (Lipinski definition) is 4. The molecule has 3 atom stereocenters. The fraction of sp³-hybridized carbons (Fsp3) is 0.500. The number of halogens is 1. The van der Waals surface area contributed by atoms with Gasteiger partial charge < -0.3 is 5.11 Å². The molecule has 3 unspecified atom stereocenters. The highest BCUT2D eigenvalue weighted by molar-refractivity contribution is 8.15. The minimum absolute atomic E-state index is 0.122. The summed E-state index contributed by atoms with van der Waals surface area (Å²) in [6, 6.07) is 6.42. The number of rotatable bonds is 4. The smallest absolute Gasteiger partial charge is 0.212 e. The van der Waals surface area contributed by atoms with Crippen molar-refractivity contribution in [2.75, 3.05) is 13.1 Å². The lowest BCUT2D eigenvalue weighted by Crippen LogP contribution is -2.44. The minimum atomic E-state index is -0.547. The summed E-state index contributed by atoms with van der Waals surface area (Å²) in [5.41, 5.74) is 1.69. The number of aliphatic hydroxyl groups is 1. The van der Waals surface area contributed by atoms with Gasteiger partial charge in [0.05, 0.1) is 12.1 Å². The predicted octanol–water partition coefficient (Wildman–Crippen LogP) is 2.91. The summed E-state index contributed by atoms with van der Waals surface area (Å²) in [6.45, 7) is 1.43. The molecule has 0 spiro atoms. The number of benzene rings is 1. The van der Waals surface area contributed by atoms with Crippen molar-refractivity contribution in [1.29, 1.82) is 0 Å². The molecule has 1 saturated heterocycles. The van der Waals surface area contributed by atoms with E-state index in [0.717, 1.165) is 31.4 Å². The summed E-state index contributed by atoms with van der Waals surface area (Å²) in [6.07, 6.45) is 4.08. The maximum absolute atomic E-state index is 14.4. The second kappa shape index (κ2) is 6.04. The van der Waals surface area contributed by atoms with E-state index in [4.69, 9.17) is 0 Å². The van der Waals surface area contributed by atoms with Crippen LogP contribution in [0.5, 0.6) is 0 Å². The van der Waals surface area contributed by atoms with Gasteiger partial charge in [0.2, 0.25) is 5.12 Å². The van der Waals surface area contributed by atoms with E-state index < -0.39 is 6.10 Å². The van der Waals surface area contributed by atoms with Crippen LogP contribution in [0, 0.1) is 11.7 Å². The minimum Gasteiger partial charge on any atom is -0.391 e. The normalized spacial score (nSPS) is 27.5. The first-order valence-corrected chi connectivity index (χ1v) is 9.09. The standard InChI is InChI=1S/C18H20FNO2S/c19-14-4-2-1-3-13(14)17(18(22)11-5-6-11)20-8-7-15-12(10-20)9-16(21)23-15/h1-4,9,11,15,17-18,22H,5-8,10H2. The average Bonchev–Trinajstić information content (AvgIpc) is 3.31. The lowest BCUT2D eigenvalue weighted by atomic mass is 9.92. The Kier molecular flexibility index (Phi) is 4.03. The number of thioether (sulfide) groups is 1. The molecule has 1 N–H and O–H groups in total. The number of carbonyl (C=O) groups excluding carboxylic acids is 1. The quantitative estimate of drug-likeness (QED) is 0.920. The monoisotopic (exact) mass is 333 g/mol. The molecular weight excluding hydrogens is 313 g/mol. The first-order chi connectivity index (χ1) is 11.1. The van der Waals surface area contributed by atoms with Crippen LogP contribution in [0.1, 0.15) is 30.9 Å². The molecule has 1 saturated carbocycles. The maximum atomic E-state index is 14.4. The molecule has 0 bridgehead atoms. The third-order valence-corrected chi connectivity index (χ3v) is 6.26. The molecule has 4 rings (SSSR count). The zero-order chi connectivity index (χ0) is 16.0. The van der Waals surface area contributed by atoms with Crippen LogP contribution in [0.15, 0.2) is 35.9 Å². The van der Waals surface area contributed by atoms with E-state index in [0.29, 0.717) is 12.1 Å². The van der Waals surface area contributed by atoms with Gasteiger partial charge in [0.25, 0.3) is 0 Å². The van der Waals surface area contributed by atoms with E-state index in [2.05, 4.69) is 4.90 Å². The van der Waals surface area contributed by atoms with Gasteiger partial charge in [-0.05, 0) is 42.9 Å². The molecule has 2 aliphatic heterocycles. The van der Waals surface area contributed by atoms with Gasteiger partial charge in [0.1, 0.15) is 5.82 Å². The van der Waals surface area contributed by atoms with Gasteiger partial charge in [-0.2, -0.15) is 0 Å². The molecule has 1 aromatic rings. The molecular formula is C18H20FNO2S. The lowest BCUT2D eigenvalue weighted by molar-refractivity contribution is -0.106. The Bertz CT molecular complexity index is 658. The molecule has 3 aliphatic rings. The van der Waals surface area contributed by atoms with Crippen LogP contribution in [0.2, 0.25) is 0 Å². The number of carbonyl (C=O) groups is 1. The van der Waals surface area contributed by atoms with E-state index in [1.807, 2.05) is 6.07 Å². The van der Waals surface area contributed by atoms with Crippen LogP contribution in [0.4, 0.5) is 4.39 Å². The van der Waals surface area contributed by atoms with E-state index >= 15 is 0 Å². The van der Waals surface area contributed by atoms with Crippen molar-refractivity contribution in [2.24, 2.45) is 5.92 Å². The summed E-state index contributed by atoms with van der Waals surface area (Å²) >= 11 is 1.39. The van der Waals surface area contributed by atoms with E-state index in [1.54, 1.807) is 18.2 Å². The summed E-state index contributed by atoms with van der Waals surface area (Å²) in [5, 5.41) is 11.2. The summed E-state index contributed by atoms with van der Waals surface area (Å²) in [5.74, 6) is 0.0103. The highest BCUT2D eigenvalue weighted by Gasteiger charge is 2.42. The van der Waals surface area contributed by atoms with Crippen LogP contribution in [-0.2, 0) is 4.79 Å². The molecule has 122 valence electrons. The Hall–Kier alpha value is -1.17. The lowest BCUT2D eigenvalue weighted by Gasteiger charge is -2.40. The fourth-order valence-corrected chi connectivity index (χ4v) is 4.74. The highest BCUT2D eigenvalue weighted by Crippen LogP contribution is 2.44. The van der Waals surface area contributed by atoms with Gasteiger partial charge in [-0.3, -0.25) is 9.69 Å². The van der Waals surface area contributed by atoms with Crippen LogP contribution < -0.4 is 0 Å².